The Morgan fingerprint density at radius 1 is 1.16 bits per heavy atom. The number of anilines is 1. The number of hydrogen-bond acceptors (Lipinski definition) is 4. The van der Waals surface area contributed by atoms with E-state index in [4.69, 9.17) is 0 Å². The number of aromatic nitrogens is 2. The second kappa shape index (κ2) is 5.33. The molecule has 3 rings (SSSR count). The molecule has 2 atom stereocenters. The van der Waals surface area contributed by atoms with Gasteiger partial charge in [-0.2, -0.15) is 5.10 Å². The average Bonchev–Trinajstić information content (AvgIpc) is 2.86. The van der Waals surface area contributed by atoms with Crippen LogP contribution in [0.25, 0.3) is 0 Å². The van der Waals surface area contributed by atoms with Crippen LogP contribution < -0.4 is 10.5 Å². The van der Waals surface area contributed by atoms with E-state index in [1.807, 2.05) is 0 Å². The molecule has 1 saturated carbocycles. The lowest BCUT2D eigenvalue weighted by Crippen LogP contribution is -2.34. The van der Waals surface area contributed by atoms with Crippen molar-refractivity contribution < 1.29 is 5.11 Å². The van der Waals surface area contributed by atoms with E-state index < -0.39 is 6.10 Å². The monoisotopic (exact) mass is 263 g/mol. The van der Waals surface area contributed by atoms with Crippen LogP contribution in [0.3, 0.4) is 0 Å². The van der Waals surface area contributed by atoms with E-state index in [2.05, 4.69) is 10.00 Å². The lowest BCUT2D eigenvalue weighted by Gasteiger charge is -2.28. The topological polar surface area (TPSA) is 58.4 Å². The predicted octanol–water partition coefficient (Wildman–Crippen LogP) is 1.32. The van der Waals surface area contributed by atoms with Crippen LogP contribution in [0.15, 0.2) is 17.1 Å². The van der Waals surface area contributed by atoms with E-state index >= 15 is 0 Å². The Balaban J connectivity index is 1.83. The number of nitrogens with zero attached hydrogens (tertiary/aromatic N) is 3. The molecule has 1 aromatic rings. The van der Waals surface area contributed by atoms with Gasteiger partial charge in [-0.15, -0.1) is 0 Å². The summed E-state index contributed by atoms with van der Waals surface area (Å²) in [5.74, 6) is 0. The van der Waals surface area contributed by atoms with Gasteiger partial charge in [0.2, 0.25) is 0 Å². The van der Waals surface area contributed by atoms with E-state index in [1.54, 1.807) is 12.3 Å². The molecule has 0 unspecified atom stereocenters. The van der Waals surface area contributed by atoms with Crippen molar-refractivity contribution in [1.82, 2.24) is 9.78 Å². The summed E-state index contributed by atoms with van der Waals surface area (Å²) < 4.78 is 1.46. The van der Waals surface area contributed by atoms with Gasteiger partial charge in [-0.25, -0.2) is 4.68 Å². The van der Waals surface area contributed by atoms with Crippen molar-refractivity contribution >= 4 is 5.69 Å². The first-order valence-electron chi connectivity index (χ1n) is 7.27. The highest BCUT2D eigenvalue weighted by molar-refractivity contribution is 5.43. The maximum Gasteiger partial charge on any atom is 0.269 e. The van der Waals surface area contributed by atoms with Crippen LogP contribution in [0.2, 0.25) is 0 Å². The molecule has 1 aliphatic heterocycles. The molecule has 0 aromatic carbocycles. The third-order valence-electron chi connectivity index (χ3n) is 4.29. The number of rotatable bonds is 2. The van der Waals surface area contributed by atoms with Gasteiger partial charge in [0.1, 0.15) is 0 Å². The zero-order valence-electron chi connectivity index (χ0n) is 11.2. The van der Waals surface area contributed by atoms with Crippen LogP contribution in [0.5, 0.6) is 0 Å². The van der Waals surface area contributed by atoms with Crippen molar-refractivity contribution in [2.24, 2.45) is 0 Å². The number of hydrogen-bond donors (Lipinski definition) is 1. The Labute approximate surface area is 112 Å². The zero-order valence-corrected chi connectivity index (χ0v) is 11.2. The molecule has 2 aliphatic rings. The zero-order chi connectivity index (χ0) is 13.2. The second-order valence-electron chi connectivity index (χ2n) is 5.61. The van der Waals surface area contributed by atoms with Gasteiger partial charge in [-0.1, -0.05) is 0 Å². The Bertz CT molecular complexity index is 494. The summed E-state index contributed by atoms with van der Waals surface area (Å²) in [6.45, 7) is 2.02. The molecule has 5 nitrogen and oxygen atoms in total. The normalized spacial score (nSPS) is 27.7. The second-order valence-corrected chi connectivity index (χ2v) is 5.61. The van der Waals surface area contributed by atoms with E-state index in [-0.39, 0.29) is 11.6 Å². The molecule has 0 radical (unpaired) electrons. The van der Waals surface area contributed by atoms with Crippen LogP contribution in [-0.2, 0) is 0 Å². The Morgan fingerprint density at radius 3 is 2.58 bits per heavy atom. The smallest absolute Gasteiger partial charge is 0.269 e. The minimum atomic E-state index is -0.425. The molecule has 0 bridgehead atoms. The number of aliphatic hydroxyl groups excluding tert-OH is 1. The fourth-order valence-corrected chi connectivity index (χ4v) is 3.19. The van der Waals surface area contributed by atoms with Crippen molar-refractivity contribution in [3.63, 3.8) is 0 Å². The van der Waals surface area contributed by atoms with Gasteiger partial charge in [0.25, 0.3) is 5.56 Å². The Hall–Kier alpha value is -1.36. The quantitative estimate of drug-likeness (QED) is 0.874. The summed E-state index contributed by atoms with van der Waals surface area (Å²) in [4.78, 5) is 14.4. The predicted molar refractivity (Wildman–Crippen MR) is 73.5 cm³/mol. The van der Waals surface area contributed by atoms with Gasteiger partial charge in [-0.3, -0.25) is 4.79 Å². The first-order chi connectivity index (χ1) is 9.25. The molecule has 104 valence electrons. The summed E-state index contributed by atoms with van der Waals surface area (Å²) in [6, 6.07) is 1.53. The maximum absolute atomic E-state index is 12.2. The highest BCUT2D eigenvalue weighted by Gasteiger charge is 2.28. The minimum Gasteiger partial charge on any atom is -0.391 e. The molecular formula is C14H21N3O2. The fraction of sp³-hybridized carbons (Fsp3) is 0.714. The lowest BCUT2D eigenvalue weighted by atomic mass is 10.1. The summed E-state index contributed by atoms with van der Waals surface area (Å²) in [6.07, 6.45) is 7.57. The van der Waals surface area contributed by atoms with Crippen molar-refractivity contribution in [1.29, 1.82) is 0 Å². The molecule has 1 aliphatic carbocycles. The van der Waals surface area contributed by atoms with Crippen molar-refractivity contribution in [3.8, 4) is 0 Å². The molecule has 2 fully saturated rings. The first kappa shape index (κ1) is 12.7. The van der Waals surface area contributed by atoms with E-state index in [0.29, 0.717) is 0 Å². The number of aliphatic hydroxyl groups is 1. The van der Waals surface area contributed by atoms with Crippen molar-refractivity contribution in [2.75, 3.05) is 18.0 Å². The highest BCUT2D eigenvalue weighted by atomic mass is 16.3. The molecule has 5 heteroatoms. The molecule has 0 spiro atoms. The third kappa shape index (κ3) is 2.52. The van der Waals surface area contributed by atoms with Crippen LogP contribution >= 0.6 is 0 Å². The average molecular weight is 263 g/mol. The van der Waals surface area contributed by atoms with Crippen LogP contribution in [0.4, 0.5) is 5.69 Å². The van der Waals surface area contributed by atoms with Gasteiger partial charge in [0.05, 0.1) is 24.0 Å². The maximum atomic E-state index is 12.2. The minimum absolute atomic E-state index is 0.0889. The number of piperidine rings is 1. The van der Waals surface area contributed by atoms with Crippen molar-refractivity contribution in [2.45, 2.75) is 50.7 Å². The highest BCUT2D eigenvalue weighted by Crippen LogP contribution is 2.28. The lowest BCUT2D eigenvalue weighted by molar-refractivity contribution is 0.127. The Morgan fingerprint density at radius 2 is 1.95 bits per heavy atom. The van der Waals surface area contributed by atoms with Crippen molar-refractivity contribution in [3.05, 3.63) is 22.6 Å². The first-order valence-corrected chi connectivity index (χ1v) is 7.27. The van der Waals surface area contributed by atoms with Gasteiger partial charge < -0.3 is 10.0 Å². The SMILES string of the molecule is O=c1cc(N2CCCCC2)cnn1[C@H]1CCC[C@@H]1O. The largest absolute Gasteiger partial charge is 0.391 e. The molecule has 0 amide bonds. The van der Waals surface area contributed by atoms with E-state index in [1.165, 1.54) is 23.9 Å². The van der Waals surface area contributed by atoms with Crippen LogP contribution in [0, 0.1) is 0 Å². The van der Waals surface area contributed by atoms with E-state index in [9.17, 15) is 9.90 Å². The summed E-state index contributed by atoms with van der Waals surface area (Å²) in [7, 11) is 0. The molecule has 1 aromatic heterocycles. The van der Waals surface area contributed by atoms with Gasteiger partial charge in [-0.05, 0) is 38.5 Å². The third-order valence-corrected chi connectivity index (χ3v) is 4.29. The Kier molecular flexibility index (Phi) is 3.55. The molecule has 1 N–H and O–H groups in total. The summed E-state index contributed by atoms with van der Waals surface area (Å²) in [5, 5.41) is 14.2. The van der Waals surface area contributed by atoms with Gasteiger partial charge in [0, 0.05) is 19.2 Å². The van der Waals surface area contributed by atoms with Gasteiger partial charge in [0.15, 0.2) is 0 Å². The molecule has 2 heterocycles. The molecular weight excluding hydrogens is 242 g/mol. The molecule has 19 heavy (non-hydrogen) atoms. The fourth-order valence-electron chi connectivity index (χ4n) is 3.19. The summed E-state index contributed by atoms with van der Waals surface area (Å²) >= 11 is 0. The summed E-state index contributed by atoms with van der Waals surface area (Å²) in [5.41, 5.74) is 0.836. The van der Waals surface area contributed by atoms with Gasteiger partial charge >= 0.3 is 0 Å². The van der Waals surface area contributed by atoms with Crippen LogP contribution in [-0.4, -0.2) is 34.1 Å². The van der Waals surface area contributed by atoms with Crippen LogP contribution in [0.1, 0.15) is 44.6 Å². The standard InChI is InChI=1S/C14H21N3O2/c18-13-6-4-5-12(13)17-14(19)9-11(10-15-17)16-7-2-1-3-8-16/h9-10,12-13,18H,1-8H2/t12-,13-/m0/s1. The van der Waals surface area contributed by atoms with E-state index in [0.717, 1.165) is 38.0 Å². The molecule has 1 saturated heterocycles.